The van der Waals surface area contributed by atoms with Crippen molar-refractivity contribution in [1.82, 2.24) is 9.55 Å². The lowest BCUT2D eigenvalue weighted by atomic mass is 10.0. The van der Waals surface area contributed by atoms with Crippen molar-refractivity contribution in [2.45, 2.75) is 6.92 Å². The molecule has 0 spiro atoms. The molecule has 0 aliphatic heterocycles. The number of ketones is 1. The summed E-state index contributed by atoms with van der Waals surface area (Å²) in [6.07, 6.45) is 0. The van der Waals surface area contributed by atoms with Crippen LogP contribution in [0.1, 0.15) is 21.9 Å². The lowest BCUT2D eigenvalue weighted by Gasteiger charge is -2.09. The number of fused-ring (bicyclic) bond motifs is 1. The lowest BCUT2D eigenvalue weighted by molar-refractivity contribution is 0.101. The fourth-order valence-corrected chi connectivity index (χ4v) is 4.50. The van der Waals surface area contributed by atoms with Gasteiger partial charge in [-0.3, -0.25) is 9.36 Å². The predicted octanol–water partition coefficient (Wildman–Crippen LogP) is 5.14. The summed E-state index contributed by atoms with van der Waals surface area (Å²) >= 11 is 1.08. The third kappa shape index (κ3) is 3.10. The van der Waals surface area contributed by atoms with Crippen LogP contribution in [0.15, 0.2) is 59.0 Å². The van der Waals surface area contributed by atoms with E-state index in [1.165, 1.54) is 53.1 Å². The second-order valence-corrected chi connectivity index (χ2v) is 8.14. The first kappa shape index (κ1) is 19.8. The Kier molecular flexibility index (Phi) is 4.49. The number of phenols is 1. The van der Waals surface area contributed by atoms with Gasteiger partial charge in [-0.05, 0) is 67.1 Å². The molecule has 0 amide bonds. The van der Waals surface area contributed by atoms with Gasteiger partial charge in [0, 0.05) is 0 Å². The molecule has 0 aliphatic rings. The summed E-state index contributed by atoms with van der Waals surface area (Å²) in [5, 5.41) is 31.5. The average Bonchev–Trinajstić information content (AvgIpc) is 3.44. The molecule has 32 heavy (non-hydrogen) atoms. The largest absolute Gasteiger partial charge is 0.508 e. The molecule has 0 radical (unpaired) electrons. The third-order valence-corrected chi connectivity index (χ3v) is 5.99. The second kappa shape index (κ2) is 7.24. The summed E-state index contributed by atoms with van der Waals surface area (Å²) < 4.78 is 20.9. The summed E-state index contributed by atoms with van der Waals surface area (Å²) in [5.74, 6) is -1.81. The van der Waals surface area contributed by atoms with Crippen molar-refractivity contribution in [3.8, 4) is 33.8 Å². The zero-order valence-electron chi connectivity index (χ0n) is 16.5. The van der Waals surface area contributed by atoms with E-state index >= 15 is 0 Å². The third-order valence-electron chi connectivity index (χ3n) is 4.98. The lowest BCUT2D eigenvalue weighted by Crippen LogP contribution is -2.04. The molecule has 3 N–H and O–H groups in total. The standard InChI is InChI=1S/C23H15FN2O5S/c1-11-2-9-16(31-11)20(28)18-19(12-3-6-14(27)7-4-12)26(22(30)21(18)29)23-25-15-8-5-13(24)10-17(15)32-23/h2-10,27,29-30H,1H3. The fourth-order valence-electron chi connectivity index (χ4n) is 3.50. The number of aryl methyl sites for hydroxylation is 1. The predicted molar refractivity (Wildman–Crippen MR) is 116 cm³/mol. The van der Waals surface area contributed by atoms with Gasteiger partial charge in [0.25, 0.3) is 0 Å². The Morgan fingerprint density at radius 2 is 1.81 bits per heavy atom. The minimum Gasteiger partial charge on any atom is -0.508 e. The van der Waals surface area contributed by atoms with Gasteiger partial charge in [-0.2, -0.15) is 0 Å². The van der Waals surface area contributed by atoms with E-state index in [1.54, 1.807) is 13.0 Å². The number of aromatic nitrogens is 2. The van der Waals surface area contributed by atoms with Gasteiger partial charge < -0.3 is 19.7 Å². The van der Waals surface area contributed by atoms with Gasteiger partial charge in [-0.1, -0.05) is 11.3 Å². The molecule has 0 unspecified atom stereocenters. The van der Waals surface area contributed by atoms with Crippen LogP contribution in [0.25, 0.3) is 26.6 Å². The summed E-state index contributed by atoms with van der Waals surface area (Å²) in [4.78, 5) is 17.7. The van der Waals surface area contributed by atoms with Crippen LogP contribution in [-0.2, 0) is 0 Å². The Morgan fingerprint density at radius 3 is 2.50 bits per heavy atom. The molecular weight excluding hydrogens is 435 g/mol. The quantitative estimate of drug-likeness (QED) is 0.327. The molecule has 0 aliphatic carbocycles. The number of halogens is 1. The molecule has 0 fully saturated rings. The number of furan rings is 1. The van der Waals surface area contributed by atoms with Crippen LogP contribution < -0.4 is 0 Å². The van der Waals surface area contributed by atoms with Crippen molar-refractivity contribution in [1.29, 1.82) is 0 Å². The highest BCUT2D eigenvalue weighted by Crippen LogP contribution is 2.45. The van der Waals surface area contributed by atoms with Crippen molar-refractivity contribution in [2.24, 2.45) is 0 Å². The van der Waals surface area contributed by atoms with Gasteiger partial charge in [0.05, 0.1) is 21.5 Å². The van der Waals surface area contributed by atoms with Gasteiger partial charge in [0.15, 0.2) is 16.6 Å². The van der Waals surface area contributed by atoms with Crippen LogP contribution in [0.4, 0.5) is 4.39 Å². The van der Waals surface area contributed by atoms with Crippen molar-refractivity contribution in [3.63, 3.8) is 0 Å². The molecule has 7 nitrogen and oxygen atoms in total. The first-order valence-electron chi connectivity index (χ1n) is 9.47. The molecule has 160 valence electrons. The summed E-state index contributed by atoms with van der Waals surface area (Å²) in [5.41, 5.74) is 0.882. The summed E-state index contributed by atoms with van der Waals surface area (Å²) in [7, 11) is 0. The highest BCUT2D eigenvalue weighted by Gasteiger charge is 2.32. The molecule has 2 aromatic carbocycles. The molecule has 5 rings (SSSR count). The highest BCUT2D eigenvalue weighted by molar-refractivity contribution is 7.20. The molecule has 0 atom stereocenters. The number of carbonyl (C=O) groups excluding carboxylic acids is 1. The molecule has 5 aromatic rings. The SMILES string of the molecule is Cc1ccc(C(=O)c2c(O)c(O)n(-c3nc4ccc(F)cc4s3)c2-c2ccc(O)cc2)o1. The Hall–Kier alpha value is -4.11. The first-order chi connectivity index (χ1) is 15.3. The van der Waals surface area contributed by atoms with Crippen LogP contribution in [0, 0.1) is 12.7 Å². The van der Waals surface area contributed by atoms with Gasteiger partial charge in [-0.15, -0.1) is 0 Å². The average molecular weight is 450 g/mol. The van der Waals surface area contributed by atoms with E-state index in [2.05, 4.69) is 4.98 Å². The number of benzene rings is 2. The van der Waals surface area contributed by atoms with Crippen LogP contribution in [0.5, 0.6) is 17.4 Å². The Balaban J connectivity index is 1.81. The van der Waals surface area contributed by atoms with Gasteiger partial charge in [0.2, 0.25) is 11.7 Å². The Morgan fingerprint density at radius 1 is 1.06 bits per heavy atom. The van der Waals surface area contributed by atoms with Gasteiger partial charge in [0.1, 0.15) is 17.3 Å². The molecule has 3 aromatic heterocycles. The monoisotopic (exact) mass is 450 g/mol. The number of thiazole rings is 1. The molecule has 9 heteroatoms. The van der Waals surface area contributed by atoms with Crippen LogP contribution in [0.3, 0.4) is 0 Å². The van der Waals surface area contributed by atoms with E-state index < -0.39 is 23.2 Å². The summed E-state index contributed by atoms with van der Waals surface area (Å²) in [6, 6.07) is 13.1. The van der Waals surface area contributed by atoms with Gasteiger partial charge in [-0.25, -0.2) is 9.37 Å². The van der Waals surface area contributed by atoms with Crippen LogP contribution >= 0.6 is 11.3 Å². The zero-order chi connectivity index (χ0) is 22.6. The number of carbonyl (C=O) groups is 1. The Bertz CT molecular complexity index is 1500. The molecule has 0 bridgehead atoms. The molecule has 0 saturated carbocycles. The number of phenolic OH excluding ortho intramolecular Hbond substituents is 1. The zero-order valence-corrected chi connectivity index (χ0v) is 17.4. The van der Waals surface area contributed by atoms with E-state index in [4.69, 9.17) is 4.42 Å². The maximum absolute atomic E-state index is 13.7. The van der Waals surface area contributed by atoms with Gasteiger partial charge >= 0.3 is 0 Å². The number of nitrogens with zero attached hydrogens (tertiary/aromatic N) is 2. The maximum Gasteiger partial charge on any atom is 0.242 e. The maximum atomic E-state index is 13.7. The smallest absolute Gasteiger partial charge is 0.242 e. The first-order valence-corrected chi connectivity index (χ1v) is 10.3. The van der Waals surface area contributed by atoms with Crippen molar-refractivity contribution in [2.75, 3.05) is 0 Å². The topological polar surface area (TPSA) is 109 Å². The minimum absolute atomic E-state index is 0.00491. The number of rotatable bonds is 4. The van der Waals surface area contributed by atoms with Crippen LogP contribution in [-0.4, -0.2) is 30.7 Å². The highest BCUT2D eigenvalue weighted by atomic mass is 32.1. The van der Waals surface area contributed by atoms with E-state index in [0.717, 1.165) is 11.3 Å². The second-order valence-electron chi connectivity index (χ2n) is 7.13. The molecular formula is C23H15FN2O5S. The summed E-state index contributed by atoms with van der Waals surface area (Å²) in [6.45, 7) is 1.68. The van der Waals surface area contributed by atoms with E-state index in [9.17, 15) is 24.5 Å². The van der Waals surface area contributed by atoms with E-state index in [-0.39, 0.29) is 27.9 Å². The number of aromatic hydroxyl groups is 3. The van der Waals surface area contributed by atoms with Crippen molar-refractivity contribution in [3.05, 3.63) is 77.5 Å². The number of hydrogen-bond acceptors (Lipinski definition) is 7. The fraction of sp³-hybridized carbons (Fsp3) is 0.0435. The van der Waals surface area contributed by atoms with Crippen molar-refractivity contribution >= 4 is 27.3 Å². The molecule has 3 heterocycles. The molecule has 0 saturated heterocycles. The van der Waals surface area contributed by atoms with Crippen molar-refractivity contribution < 1.29 is 28.9 Å². The minimum atomic E-state index is -0.641. The van der Waals surface area contributed by atoms with E-state index in [1.807, 2.05) is 0 Å². The van der Waals surface area contributed by atoms with E-state index in [0.29, 0.717) is 21.5 Å². The number of hydrogen-bond donors (Lipinski definition) is 3. The Labute approximate surface area is 184 Å². The normalized spacial score (nSPS) is 11.3. The van der Waals surface area contributed by atoms with Crippen LogP contribution in [0.2, 0.25) is 0 Å².